The van der Waals surface area contributed by atoms with Gasteiger partial charge >= 0.3 is 0 Å². The summed E-state index contributed by atoms with van der Waals surface area (Å²) < 4.78 is 9.44. The van der Waals surface area contributed by atoms with Crippen molar-refractivity contribution in [3.63, 3.8) is 0 Å². The van der Waals surface area contributed by atoms with Gasteiger partial charge in [-0.3, -0.25) is 9.59 Å². The molecule has 8 heteroatoms. The Morgan fingerprint density at radius 2 is 2.15 bits per heavy atom. The van der Waals surface area contributed by atoms with Gasteiger partial charge in [0.05, 0.1) is 41.7 Å². The number of nitrogens with zero attached hydrogens (tertiary/aromatic N) is 5. The third-order valence-corrected chi connectivity index (χ3v) is 5.60. The summed E-state index contributed by atoms with van der Waals surface area (Å²) >= 11 is 0. The Hall–Kier alpha value is -3.00. The number of rotatable bonds is 1. The number of aryl methyl sites for hydroxylation is 1. The Morgan fingerprint density at radius 1 is 1.30 bits per heavy atom. The van der Waals surface area contributed by atoms with E-state index in [2.05, 4.69) is 10.3 Å². The fourth-order valence-electron chi connectivity index (χ4n) is 4.13. The molecular weight excluding hydrogens is 346 g/mol. The van der Waals surface area contributed by atoms with Crippen molar-refractivity contribution in [2.45, 2.75) is 25.2 Å². The second kappa shape index (κ2) is 6.02. The van der Waals surface area contributed by atoms with E-state index in [0.717, 1.165) is 23.0 Å². The van der Waals surface area contributed by atoms with Crippen molar-refractivity contribution in [2.24, 2.45) is 7.05 Å². The molecule has 0 unspecified atom stereocenters. The first kappa shape index (κ1) is 16.2. The molecule has 1 aromatic carbocycles. The van der Waals surface area contributed by atoms with E-state index in [-0.39, 0.29) is 23.6 Å². The van der Waals surface area contributed by atoms with Crippen molar-refractivity contribution in [3.05, 3.63) is 58.1 Å². The number of pyridine rings is 1. The Kier molecular flexibility index (Phi) is 3.61. The summed E-state index contributed by atoms with van der Waals surface area (Å²) in [5.74, 6) is -0.129. The molecule has 1 fully saturated rings. The third-order valence-electron chi connectivity index (χ3n) is 5.60. The topological polar surface area (TPSA) is 82.2 Å². The Balaban J connectivity index is 1.47. The summed E-state index contributed by atoms with van der Waals surface area (Å²) in [5, 5.41) is 8.92. The molecule has 27 heavy (non-hydrogen) atoms. The molecule has 2 aliphatic heterocycles. The molecule has 0 bridgehead atoms. The molecule has 3 aromatic rings. The first-order valence-electron chi connectivity index (χ1n) is 9.02. The highest BCUT2D eigenvalue weighted by Gasteiger charge is 2.38. The summed E-state index contributed by atoms with van der Waals surface area (Å²) in [7, 11) is 1.72. The van der Waals surface area contributed by atoms with Crippen LogP contribution in [0.5, 0.6) is 0 Å². The van der Waals surface area contributed by atoms with Crippen LogP contribution < -0.4 is 5.56 Å². The summed E-state index contributed by atoms with van der Waals surface area (Å²) in [6, 6.07) is 9.03. The zero-order valence-electron chi connectivity index (χ0n) is 14.9. The first-order valence-corrected chi connectivity index (χ1v) is 9.02. The molecule has 0 N–H and O–H groups in total. The van der Waals surface area contributed by atoms with E-state index in [4.69, 9.17) is 4.74 Å². The predicted molar refractivity (Wildman–Crippen MR) is 97.3 cm³/mol. The van der Waals surface area contributed by atoms with Gasteiger partial charge in [-0.05, 0) is 12.5 Å². The van der Waals surface area contributed by atoms with Gasteiger partial charge in [0.15, 0.2) is 0 Å². The number of para-hydroxylation sites is 1. The SMILES string of the molecule is Cn1c(=O)cc(C(=O)N2CC[C@H]3[C@H](C2)OCc2cnnn23)c2ccccc21. The highest BCUT2D eigenvalue weighted by atomic mass is 16.5. The number of hydrogen-bond acceptors (Lipinski definition) is 5. The lowest BCUT2D eigenvalue weighted by Gasteiger charge is -2.41. The molecule has 5 rings (SSSR count). The van der Waals surface area contributed by atoms with E-state index in [0.29, 0.717) is 25.3 Å². The highest BCUT2D eigenvalue weighted by Crippen LogP contribution is 2.31. The molecule has 0 radical (unpaired) electrons. The number of amides is 1. The van der Waals surface area contributed by atoms with Gasteiger partial charge in [0, 0.05) is 31.6 Å². The van der Waals surface area contributed by atoms with Gasteiger partial charge in [-0.25, -0.2) is 4.68 Å². The molecule has 1 saturated heterocycles. The first-order chi connectivity index (χ1) is 13.1. The van der Waals surface area contributed by atoms with Gasteiger partial charge in [-0.15, -0.1) is 5.10 Å². The third kappa shape index (κ3) is 2.48. The van der Waals surface area contributed by atoms with E-state index >= 15 is 0 Å². The quantitative estimate of drug-likeness (QED) is 0.645. The van der Waals surface area contributed by atoms with E-state index in [9.17, 15) is 9.59 Å². The van der Waals surface area contributed by atoms with Crippen LogP contribution in [0.3, 0.4) is 0 Å². The molecule has 2 aliphatic rings. The lowest BCUT2D eigenvalue weighted by Crippen LogP contribution is -2.50. The molecule has 4 heterocycles. The summed E-state index contributed by atoms with van der Waals surface area (Å²) in [4.78, 5) is 27.3. The van der Waals surface area contributed by atoms with Crippen LogP contribution in [-0.2, 0) is 18.4 Å². The van der Waals surface area contributed by atoms with E-state index in [1.54, 1.807) is 22.7 Å². The number of hydrogen-bond donors (Lipinski definition) is 0. The van der Waals surface area contributed by atoms with E-state index < -0.39 is 0 Å². The number of ether oxygens (including phenoxy) is 1. The highest BCUT2D eigenvalue weighted by molar-refractivity contribution is 6.06. The van der Waals surface area contributed by atoms with Gasteiger partial charge in [-0.2, -0.15) is 0 Å². The normalized spacial score (nSPS) is 21.7. The second-order valence-electron chi connectivity index (χ2n) is 7.10. The Bertz CT molecular complexity index is 1100. The van der Waals surface area contributed by atoms with Crippen molar-refractivity contribution < 1.29 is 9.53 Å². The zero-order chi connectivity index (χ0) is 18.5. The van der Waals surface area contributed by atoms with Crippen LogP contribution in [0.25, 0.3) is 10.9 Å². The fourth-order valence-corrected chi connectivity index (χ4v) is 4.13. The van der Waals surface area contributed by atoms with Gasteiger partial charge < -0.3 is 14.2 Å². The van der Waals surface area contributed by atoms with Crippen molar-refractivity contribution in [1.82, 2.24) is 24.5 Å². The Labute approximate surface area is 154 Å². The van der Waals surface area contributed by atoms with Crippen molar-refractivity contribution in [3.8, 4) is 0 Å². The Morgan fingerprint density at radius 3 is 3.04 bits per heavy atom. The molecular formula is C19H19N5O3. The lowest BCUT2D eigenvalue weighted by molar-refractivity contribution is -0.0627. The van der Waals surface area contributed by atoms with E-state index in [1.165, 1.54) is 6.07 Å². The summed E-state index contributed by atoms with van der Waals surface area (Å²) in [5.41, 5.74) is 1.98. The minimum absolute atomic E-state index is 0.0979. The summed E-state index contributed by atoms with van der Waals surface area (Å²) in [6.07, 6.45) is 2.35. The van der Waals surface area contributed by atoms with Gasteiger partial charge in [0.2, 0.25) is 0 Å². The minimum Gasteiger partial charge on any atom is -0.368 e. The molecule has 0 saturated carbocycles. The molecule has 0 aliphatic carbocycles. The van der Waals surface area contributed by atoms with E-state index in [1.807, 2.05) is 28.9 Å². The monoisotopic (exact) mass is 365 g/mol. The number of benzene rings is 1. The molecule has 8 nitrogen and oxygen atoms in total. The minimum atomic E-state index is -0.187. The average molecular weight is 365 g/mol. The molecule has 1 amide bonds. The smallest absolute Gasteiger partial charge is 0.254 e. The number of likely N-dealkylation sites (tertiary alicyclic amines) is 1. The fraction of sp³-hybridized carbons (Fsp3) is 0.368. The lowest BCUT2D eigenvalue weighted by atomic mass is 9.98. The maximum Gasteiger partial charge on any atom is 0.254 e. The van der Waals surface area contributed by atoms with Crippen molar-refractivity contribution in [1.29, 1.82) is 0 Å². The number of carbonyl (C=O) groups is 1. The maximum atomic E-state index is 13.2. The number of piperidine rings is 1. The van der Waals surface area contributed by atoms with Crippen LogP contribution in [0, 0.1) is 0 Å². The average Bonchev–Trinajstić information content (AvgIpc) is 3.19. The van der Waals surface area contributed by atoms with Crippen molar-refractivity contribution >= 4 is 16.8 Å². The maximum absolute atomic E-state index is 13.2. The van der Waals surface area contributed by atoms with Gasteiger partial charge in [0.25, 0.3) is 11.5 Å². The van der Waals surface area contributed by atoms with Crippen molar-refractivity contribution in [2.75, 3.05) is 13.1 Å². The predicted octanol–water partition coefficient (Wildman–Crippen LogP) is 1.12. The van der Waals surface area contributed by atoms with Crippen LogP contribution in [0.2, 0.25) is 0 Å². The zero-order valence-corrected chi connectivity index (χ0v) is 14.9. The van der Waals surface area contributed by atoms with Gasteiger partial charge in [-0.1, -0.05) is 23.4 Å². The van der Waals surface area contributed by atoms with Gasteiger partial charge in [0.1, 0.15) is 0 Å². The standard InChI is InChI=1S/C19H19N5O3/c1-22-15-5-3-2-4-13(15)14(8-18(22)25)19(26)23-7-6-16-17(10-23)27-11-12-9-20-21-24(12)16/h2-5,8-9,16-17H,6-7,10-11H2,1H3/t16-,17-/m0/s1. The second-order valence-corrected chi connectivity index (χ2v) is 7.10. The number of fused-ring (bicyclic) bond motifs is 4. The van der Waals surface area contributed by atoms with Crippen LogP contribution >= 0.6 is 0 Å². The number of carbonyl (C=O) groups excluding carboxylic acids is 1. The number of aromatic nitrogens is 4. The largest absolute Gasteiger partial charge is 0.368 e. The molecule has 0 spiro atoms. The van der Waals surface area contributed by atoms with Crippen LogP contribution in [0.15, 0.2) is 41.3 Å². The van der Waals surface area contributed by atoms with Crippen LogP contribution in [-0.4, -0.2) is 49.6 Å². The van der Waals surface area contributed by atoms with Crippen LogP contribution in [0.1, 0.15) is 28.5 Å². The van der Waals surface area contributed by atoms with Crippen LogP contribution in [0.4, 0.5) is 0 Å². The molecule has 2 atom stereocenters. The summed E-state index contributed by atoms with van der Waals surface area (Å²) in [6.45, 7) is 1.52. The molecule has 2 aromatic heterocycles. The molecule has 138 valence electrons.